The van der Waals surface area contributed by atoms with Gasteiger partial charge in [-0.2, -0.15) is 13.2 Å². The molecule has 0 radical (unpaired) electrons. The van der Waals surface area contributed by atoms with E-state index in [-0.39, 0.29) is 10.0 Å². The molecule has 0 N–H and O–H groups in total. The second kappa shape index (κ2) is 4.44. The number of rotatable bonds is 2. The van der Waals surface area contributed by atoms with Crippen LogP contribution in [-0.4, -0.2) is 10.7 Å². The van der Waals surface area contributed by atoms with E-state index in [9.17, 15) is 28.1 Å². The number of hydrogen-bond acceptors (Lipinski definition) is 3. The first-order chi connectivity index (χ1) is 7.64. The van der Waals surface area contributed by atoms with E-state index in [1.54, 1.807) is 0 Å². The van der Waals surface area contributed by atoms with Gasteiger partial charge in [0, 0.05) is 16.1 Å². The summed E-state index contributed by atoms with van der Waals surface area (Å²) in [7, 11) is 0. The van der Waals surface area contributed by atoms with Gasteiger partial charge in [-0.05, 0) is 13.0 Å². The number of carbonyl (C=O) groups is 1. The van der Waals surface area contributed by atoms with Crippen LogP contribution in [0.3, 0.4) is 0 Å². The van der Waals surface area contributed by atoms with Crippen LogP contribution in [0.5, 0.6) is 0 Å². The molecular weight excluding hydrogens is 307 g/mol. The van der Waals surface area contributed by atoms with Crippen LogP contribution < -0.4 is 0 Å². The molecule has 1 aromatic rings. The number of alkyl halides is 3. The van der Waals surface area contributed by atoms with E-state index in [0.29, 0.717) is 12.1 Å². The fourth-order valence-corrected chi connectivity index (χ4v) is 1.83. The highest BCUT2D eigenvalue weighted by molar-refractivity contribution is 9.10. The third-order valence-electron chi connectivity index (χ3n) is 1.97. The Morgan fingerprint density at radius 3 is 2.29 bits per heavy atom. The van der Waals surface area contributed by atoms with Gasteiger partial charge < -0.3 is 0 Å². The van der Waals surface area contributed by atoms with Crippen molar-refractivity contribution in [1.82, 2.24) is 0 Å². The van der Waals surface area contributed by atoms with Crippen LogP contribution in [0.1, 0.15) is 22.8 Å². The summed E-state index contributed by atoms with van der Waals surface area (Å²) in [4.78, 5) is 20.4. The zero-order valence-corrected chi connectivity index (χ0v) is 9.92. The summed E-state index contributed by atoms with van der Waals surface area (Å²) in [6, 6.07) is 1.16. The Hall–Kier alpha value is -1.44. The molecule has 0 saturated carbocycles. The first-order valence-electron chi connectivity index (χ1n) is 4.20. The van der Waals surface area contributed by atoms with Gasteiger partial charge in [-0.25, -0.2) is 0 Å². The molecule has 0 fully saturated rings. The van der Waals surface area contributed by atoms with E-state index >= 15 is 0 Å². The maximum absolute atomic E-state index is 12.5. The van der Waals surface area contributed by atoms with Crippen molar-refractivity contribution in [3.8, 4) is 0 Å². The number of ketones is 1. The molecule has 0 unspecified atom stereocenters. The summed E-state index contributed by atoms with van der Waals surface area (Å²) in [5.74, 6) is -0.561. The van der Waals surface area contributed by atoms with Gasteiger partial charge in [0.15, 0.2) is 5.78 Å². The number of Topliss-reactive ketones (excluding diaryl/α,β-unsaturated/α-hetero) is 1. The molecule has 4 nitrogen and oxygen atoms in total. The van der Waals surface area contributed by atoms with Crippen LogP contribution in [-0.2, 0) is 6.18 Å². The number of nitrogens with zero attached hydrogens (tertiary/aromatic N) is 1. The van der Waals surface area contributed by atoms with E-state index in [1.165, 1.54) is 0 Å². The zero-order valence-electron chi connectivity index (χ0n) is 8.34. The predicted octanol–water partition coefficient (Wildman–Crippen LogP) is 3.58. The van der Waals surface area contributed by atoms with Crippen LogP contribution in [0.15, 0.2) is 16.6 Å². The molecule has 17 heavy (non-hydrogen) atoms. The molecule has 0 aromatic heterocycles. The molecule has 0 heterocycles. The number of hydrogen-bond donors (Lipinski definition) is 0. The molecule has 0 aliphatic rings. The van der Waals surface area contributed by atoms with Gasteiger partial charge in [-0.3, -0.25) is 14.9 Å². The molecule has 0 aliphatic carbocycles. The first kappa shape index (κ1) is 13.6. The number of nitro groups is 1. The molecular formula is C9H5BrF3NO3. The Morgan fingerprint density at radius 1 is 1.41 bits per heavy atom. The number of benzene rings is 1. The second-order valence-corrected chi connectivity index (χ2v) is 4.01. The lowest BCUT2D eigenvalue weighted by atomic mass is 10.1. The average molecular weight is 312 g/mol. The Labute approximate surface area is 102 Å². The normalized spacial score (nSPS) is 11.4. The molecule has 8 heteroatoms. The van der Waals surface area contributed by atoms with Crippen LogP contribution in [0.4, 0.5) is 18.9 Å². The summed E-state index contributed by atoms with van der Waals surface area (Å²) < 4.78 is 37.4. The summed E-state index contributed by atoms with van der Waals surface area (Å²) in [5, 5.41) is 10.5. The number of carbonyl (C=O) groups excluding carboxylic acids is 1. The van der Waals surface area contributed by atoms with E-state index in [0.717, 1.165) is 6.92 Å². The Balaban J connectivity index is 3.58. The maximum Gasteiger partial charge on any atom is 0.423 e. The van der Waals surface area contributed by atoms with Crippen molar-refractivity contribution >= 4 is 27.4 Å². The summed E-state index contributed by atoms with van der Waals surface area (Å²) in [5.41, 5.74) is -2.69. The van der Waals surface area contributed by atoms with Crippen molar-refractivity contribution in [3.63, 3.8) is 0 Å². The highest BCUT2D eigenvalue weighted by atomic mass is 79.9. The fourth-order valence-electron chi connectivity index (χ4n) is 1.21. The number of nitro benzene ring substituents is 1. The standard InChI is InChI=1S/C9H5BrF3NO3/c1-4(15)5-2-8(14(16)17)6(3-7(5)10)9(11,12)13/h2-3H,1H3. The maximum atomic E-state index is 12.5. The molecule has 0 saturated heterocycles. The third kappa shape index (κ3) is 2.82. The van der Waals surface area contributed by atoms with Crippen molar-refractivity contribution in [2.45, 2.75) is 13.1 Å². The first-order valence-corrected chi connectivity index (χ1v) is 5.00. The summed E-state index contributed by atoms with van der Waals surface area (Å²) in [6.45, 7) is 1.11. The Kier molecular flexibility index (Phi) is 3.56. The minimum atomic E-state index is -4.85. The van der Waals surface area contributed by atoms with Gasteiger partial charge in [-0.1, -0.05) is 15.9 Å². The van der Waals surface area contributed by atoms with Crippen LogP contribution in [0, 0.1) is 10.1 Å². The SMILES string of the molecule is CC(=O)c1cc([N+](=O)[O-])c(C(F)(F)F)cc1Br. The minimum absolute atomic E-state index is 0.122. The molecule has 92 valence electrons. The summed E-state index contributed by atoms with van der Waals surface area (Å²) in [6.07, 6.45) is -4.85. The molecule has 0 bridgehead atoms. The lowest BCUT2D eigenvalue weighted by molar-refractivity contribution is -0.388. The molecule has 1 rings (SSSR count). The lowest BCUT2D eigenvalue weighted by Crippen LogP contribution is -2.10. The van der Waals surface area contributed by atoms with E-state index in [4.69, 9.17) is 0 Å². The monoisotopic (exact) mass is 311 g/mol. The molecule has 1 aromatic carbocycles. The fraction of sp³-hybridized carbons (Fsp3) is 0.222. The third-order valence-corrected chi connectivity index (χ3v) is 2.62. The largest absolute Gasteiger partial charge is 0.423 e. The summed E-state index contributed by atoms with van der Waals surface area (Å²) >= 11 is 2.78. The van der Waals surface area contributed by atoms with Gasteiger partial charge in [0.25, 0.3) is 5.69 Å². The molecule has 0 spiro atoms. The second-order valence-electron chi connectivity index (χ2n) is 3.16. The predicted molar refractivity (Wildman–Crippen MR) is 55.8 cm³/mol. The lowest BCUT2D eigenvalue weighted by Gasteiger charge is -2.09. The topological polar surface area (TPSA) is 60.2 Å². The van der Waals surface area contributed by atoms with Crippen LogP contribution in [0.2, 0.25) is 0 Å². The smallest absolute Gasteiger partial charge is 0.294 e. The average Bonchev–Trinajstić information content (AvgIpc) is 2.14. The number of halogens is 4. The van der Waals surface area contributed by atoms with Crippen LogP contribution in [0.25, 0.3) is 0 Å². The van der Waals surface area contributed by atoms with E-state index in [1.807, 2.05) is 0 Å². The molecule has 0 amide bonds. The Morgan fingerprint density at radius 2 is 1.94 bits per heavy atom. The van der Waals surface area contributed by atoms with Crippen molar-refractivity contribution in [1.29, 1.82) is 0 Å². The highest BCUT2D eigenvalue weighted by Crippen LogP contribution is 2.39. The highest BCUT2D eigenvalue weighted by Gasteiger charge is 2.39. The molecule has 0 aliphatic heterocycles. The van der Waals surface area contributed by atoms with E-state index < -0.39 is 28.1 Å². The van der Waals surface area contributed by atoms with Gasteiger partial charge in [0.1, 0.15) is 5.56 Å². The minimum Gasteiger partial charge on any atom is -0.294 e. The Bertz CT molecular complexity index is 499. The quantitative estimate of drug-likeness (QED) is 0.476. The van der Waals surface area contributed by atoms with E-state index in [2.05, 4.69) is 15.9 Å². The van der Waals surface area contributed by atoms with Crippen LogP contribution >= 0.6 is 15.9 Å². The molecule has 0 atom stereocenters. The van der Waals surface area contributed by atoms with Crippen molar-refractivity contribution in [3.05, 3.63) is 37.8 Å². The van der Waals surface area contributed by atoms with Gasteiger partial charge >= 0.3 is 6.18 Å². The van der Waals surface area contributed by atoms with Gasteiger partial charge in [-0.15, -0.1) is 0 Å². The van der Waals surface area contributed by atoms with Crippen molar-refractivity contribution in [2.24, 2.45) is 0 Å². The zero-order chi connectivity index (χ0) is 13.4. The van der Waals surface area contributed by atoms with Crippen molar-refractivity contribution < 1.29 is 22.9 Å². The van der Waals surface area contributed by atoms with Gasteiger partial charge in [0.2, 0.25) is 0 Å². The van der Waals surface area contributed by atoms with Gasteiger partial charge in [0.05, 0.1) is 4.92 Å². The van der Waals surface area contributed by atoms with Crippen molar-refractivity contribution in [2.75, 3.05) is 0 Å².